The van der Waals surface area contributed by atoms with Gasteiger partial charge in [-0.15, -0.1) is 0 Å². The van der Waals surface area contributed by atoms with E-state index in [4.69, 9.17) is 4.74 Å². The Morgan fingerprint density at radius 3 is 2.62 bits per heavy atom. The molecule has 0 radical (unpaired) electrons. The second-order valence-corrected chi connectivity index (χ2v) is 7.62. The maximum absolute atomic E-state index is 12.9. The first-order valence-electron chi connectivity index (χ1n) is 7.69. The van der Waals surface area contributed by atoms with Crippen LogP contribution in [0.25, 0.3) is 0 Å². The zero-order valence-corrected chi connectivity index (χ0v) is 13.8. The molecule has 0 aliphatic carbocycles. The Hall–Kier alpha value is -2.06. The zero-order valence-electron chi connectivity index (χ0n) is 13.0. The van der Waals surface area contributed by atoms with E-state index in [1.807, 2.05) is 0 Å². The first-order valence-corrected chi connectivity index (χ1v) is 9.30. The van der Waals surface area contributed by atoms with Crippen LogP contribution in [0.1, 0.15) is 18.4 Å². The van der Waals surface area contributed by atoms with E-state index in [-0.39, 0.29) is 30.2 Å². The number of aromatic nitrogens is 2. The van der Waals surface area contributed by atoms with Crippen molar-refractivity contribution in [2.45, 2.75) is 24.7 Å². The van der Waals surface area contributed by atoms with Crippen molar-refractivity contribution in [3.8, 4) is 6.01 Å². The minimum Gasteiger partial charge on any atom is -0.459 e. The predicted molar refractivity (Wildman–Crippen MR) is 86.3 cm³/mol. The maximum atomic E-state index is 12.9. The SMILES string of the molecule is O=S(=O)(Cc1ccc(F)cc1)N1CCCC(Oc2ncccn2)C1. The predicted octanol–water partition coefficient (Wildman–Crippen LogP) is 1.99. The average Bonchev–Trinajstić information content (AvgIpc) is 2.58. The molecule has 1 aliphatic rings. The minimum absolute atomic E-state index is 0.151. The summed E-state index contributed by atoms with van der Waals surface area (Å²) in [6, 6.07) is 7.44. The van der Waals surface area contributed by atoms with E-state index < -0.39 is 10.0 Å². The summed E-state index contributed by atoms with van der Waals surface area (Å²) in [5.41, 5.74) is 0.561. The number of ether oxygens (including phenoxy) is 1. The molecule has 1 aromatic carbocycles. The van der Waals surface area contributed by atoms with Crippen molar-refractivity contribution in [1.82, 2.24) is 14.3 Å². The van der Waals surface area contributed by atoms with Crippen molar-refractivity contribution in [2.24, 2.45) is 0 Å². The molecule has 0 bridgehead atoms. The number of halogens is 1. The van der Waals surface area contributed by atoms with Crippen LogP contribution in [0.15, 0.2) is 42.7 Å². The Morgan fingerprint density at radius 1 is 1.21 bits per heavy atom. The van der Waals surface area contributed by atoms with E-state index in [0.717, 1.165) is 6.42 Å². The summed E-state index contributed by atoms with van der Waals surface area (Å²) in [6.07, 6.45) is 4.34. The molecule has 0 amide bonds. The van der Waals surface area contributed by atoms with Crippen molar-refractivity contribution in [2.75, 3.05) is 13.1 Å². The standard InChI is InChI=1S/C16H18FN3O3S/c17-14-6-4-13(5-7-14)12-24(21,22)20-10-1-3-15(11-20)23-16-18-8-2-9-19-16/h2,4-9,15H,1,3,10-12H2. The van der Waals surface area contributed by atoms with Crippen LogP contribution >= 0.6 is 0 Å². The van der Waals surface area contributed by atoms with Crippen LogP contribution < -0.4 is 4.74 Å². The molecule has 0 saturated carbocycles. The lowest BCUT2D eigenvalue weighted by atomic mass is 10.1. The van der Waals surface area contributed by atoms with Crippen molar-refractivity contribution in [3.05, 3.63) is 54.1 Å². The van der Waals surface area contributed by atoms with Crippen molar-refractivity contribution < 1.29 is 17.5 Å². The van der Waals surface area contributed by atoms with Gasteiger partial charge in [0.25, 0.3) is 0 Å². The molecule has 2 heterocycles. The van der Waals surface area contributed by atoms with E-state index in [0.29, 0.717) is 18.5 Å². The van der Waals surface area contributed by atoms with Crippen LogP contribution in [-0.2, 0) is 15.8 Å². The van der Waals surface area contributed by atoms with Crippen LogP contribution in [0.3, 0.4) is 0 Å². The molecule has 1 aromatic heterocycles. The summed E-state index contributed by atoms with van der Waals surface area (Å²) in [6.45, 7) is 0.723. The van der Waals surface area contributed by atoms with E-state index in [2.05, 4.69) is 9.97 Å². The number of nitrogens with zero attached hydrogens (tertiary/aromatic N) is 3. The molecular formula is C16H18FN3O3S. The molecule has 8 heteroatoms. The van der Waals surface area contributed by atoms with Gasteiger partial charge in [-0.2, -0.15) is 4.31 Å². The monoisotopic (exact) mass is 351 g/mol. The van der Waals surface area contributed by atoms with Crippen molar-refractivity contribution in [3.63, 3.8) is 0 Å². The topological polar surface area (TPSA) is 72.4 Å². The largest absolute Gasteiger partial charge is 0.459 e. The molecule has 6 nitrogen and oxygen atoms in total. The van der Waals surface area contributed by atoms with Crippen LogP contribution in [0.2, 0.25) is 0 Å². The van der Waals surface area contributed by atoms with Gasteiger partial charge in [-0.25, -0.2) is 22.8 Å². The normalized spacial score (nSPS) is 19.1. The van der Waals surface area contributed by atoms with Gasteiger partial charge >= 0.3 is 6.01 Å². The Morgan fingerprint density at radius 2 is 1.92 bits per heavy atom. The number of sulfonamides is 1. The molecule has 2 aromatic rings. The number of hydrogen-bond acceptors (Lipinski definition) is 5. The van der Waals surface area contributed by atoms with Crippen LogP contribution in [0.5, 0.6) is 6.01 Å². The Bertz CT molecular complexity index is 769. The Balaban J connectivity index is 1.65. The van der Waals surface area contributed by atoms with Gasteiger partial charge in [-0.3, -0.25) is 0 Å². The quantitative estimate of drug-likeness (QED) is 0.824. The molecule has 1 unspecified atom stereocenters. The number of piperidine rings is 1. The van der Waals surface area contributed by atoms with Gasteiger partial charge in [0, 0.05) is 18.9 Å². The molecule has 1 aliphatic heterocycles. The highest BCUT2D eigenvalue weighted by atomic mass is 32.2. The lowest BCUT2D eigenvalue weighted by Gasteiger charge is -2.31. The summed E-state index contributed by atoms with van der Waals surface area (Å²) in [5, 5.41) is 0. The summed E-state index contributed by atoms with van der Waals surface area (Å²) < 4.78 is 45.2. The van der Waals surface area contributed by atoms with Crippen LogP contribution in [0, 0.1) is 5.82 Å². The van der Waals surface area contributed by atoms with E-state index >= 15 is 0 Å². The van der Waals surface area contributed by atoms with Crippen LogP contribution in [-0.4, -0.2) is 41.9 Å². The summed E-state index contributed by atoms with van der Waals surface area (Å²) >= 11 is 0. The molecule has 1 saturated heterocycles. The summed E-state index contributed by atoms with van der Waals surface area (Å²) in [4.78, 5) is 8.00. The lowest BCUT2D eigenvalue weighted by Crippen LogP contribution is -2.44. The first kappa shape index (κ1) is 16.8. The number of hydrogen-bond donors (Lipinski definition) is 0. The smallest absolute Gasteiger partial charge is 0.316 e. The highest BCUT2D eigenvalue weighted by Crippen LogP contribution is 2.20. The second-order valence-electron chi connectivity index (χ2n) is 5.65. The lowest BCUT2D eigenvalue weighted by molar-refractivity contribution is 0.119. The third-order valence-corrected chi connectivity index (χ3v) is 5.63. The summed E-state index contributed by atoms with van der Waals surface area (Å²) in [5.74, 6) is -0.535. The fraction of sp³-hybridized carbons (Fsp3) is 0.375. The van der Waals surface area contributed by atoms with Gasteiger partial charge in [0.05, 0.1) is 12.3 Å². The minimum atomic E-state index is -3.48. The third kappa shape index (κ3) is 4.27. The number of rotatable bonds is 5. The molecule has 1 atom stereocenters. The highest BCUT2D eigenvalue weighted by Gasteiger charge is 2.30. The molecule has 0 spiro atoms. The fourth-order valence-corrected chi connectivity index (χ4v) is 4.23. The van der Waals surface area contributed by atoms with E-state index in [1.54, 1.807) is 18.5 Å². The molecule has 0 N–H and O–H groups in total. The first-order chi connectivity index (χ1) is 11.5. The Kier molecular flexibility index (Phi) is 5.06. The van der Waals surface area contributed by atoms with Gasteiger partial charge < -0.3 is 4.74 Å². The Labute approximate surface area is 140 Å². The highest BCUT2D eigenvalue weighted by molar-refractivity contribution is 7.88. The third-order valence-electron chi connectivity index (χ3n) is 3.81. The summed E-state index contributed by atoms with van der Waals surface area (Å²) in [7, 11) is -3.48. The fourth-order valence-electron chi connectivity index (χ4n) is 2.63. The molecule has 24 heavy (non-hydrogen) atoms. The van der Waals surface area contributed by atoms with Gasteiger partial charge in [-0.05, 0) is 36.6 Å². The van der Waals surface area contributed by atoms with E-state index in [1.165, 1.54) is 28.6 Å². The van der Waals surface area contributed by atoms with E-state index in [9.17, 15) is 12.8 Å². The molecule has 1 fully saturated rings. The molecular weight excluding hydrogens is 333 g/mol. The molecule has 128 valence electrons. The maximum Gasteiger partial charge on any atom is 0.316 e. The second kappa shape index (κ2) is 7.23. The van der Waals surface area contributed by atoms with Gasteiger partial charge in [0.15, 0.2) is 0 Å². The number of benzene rings is 1. The van der Waals surface area contributed by atoms with Gasteiger partial charge in [-0.1, -0.05) is 12.1 Å². The van der Waals surface area contributed by atoms with Gasteiger partial charge in [0.2, 0.25) is 10.0 Å². The van der Waals surface area contributed by atoms with Crippen molar-refractivity contribution in [1.29, 1.82) is 0 Å². The van der Waals surface area contributed by atoms with Crippen molar-refractivity contribution >= 4 is 10.0 Å². The van der Waals surface area contributed by atoms with Crippen LogP contribution in [0.4, 0.5) is 4.39 Å². The molecule has 3 rings (SSSR count). The average molecular weight is 351 g/mol. The zero-order chi connectivity index (χ0) is 17.0. The van der Waals surface area contributed by atoms with Gasteiger partial charge in [0.1, 0.15) is 11.9 Å².